The quantitative estimate of drug-likeness (QED) is 0.535. The minimum Gasteiger partial charge on any atom is -0.369 e. The summed E-state index contributed by atoms with van der Waals surface area (Å²) in [6, 6.07) is 7.96. The molecular weight excluding hydrogens is 368 g/mol. The van der Waals surface area contributed by atoms with Gasteiger partial charge in [-0.1, -0.05) is 13.8 Å². The monoisotopic (exact) mass is 400 g/mol. The second-order valence-electron chi connectivity index (χ2n) is 8.24. The van der Waals surface area contributed by atoms with Gasteiger partial charge in [0.2, 0.25) is 0 Å². The predicted molar refractivity (Wildman–Crippen MR) is 118 cm³/mol. The molecular formula is C22H32N4OS. The Morgan fingerprint density at radius 2 is 1.57 bits per heavy atom. The summed E-state index contributed by atoms with van der Waals surface area (Å²) in [7, 11) is 0. The molecule has 0 unspecified atom stereocenters. The lowest BCUT2D eigenvalue weighted by atomic mass is 10.1. The van der Waals surface area contributed by atoms with Crippen LogP contribution in [-0.2, 0) is 13.2 Å². The van der Waals surface area contributed by atoms with E-state index in [2.05, 4.69) is 58.8 Å². The summed E-state index contributed by atoms with van der Waals surface area (Å²) in [6.45, 7) is 16.2. The molecule has 28 heavy (non-hydrogen) atoms. The van der Waals surface area contributed by atoms with Crippen molar-refractivity contribution in [2.24, 2.45) is 5.92 Å². The highest BCUT2D eigenvalue weighted by Gasteiger charge is 2.20. The first-order chi connectivity index (χ1) is 13.3. The summed E-state index contributed by atoms with van der Waals surface area (Å²) in [6.07, 6.45) is 0. The average Bonchev–Trinajstić information content (AvgIpc) is 2.86. The van der Waals surface area contributed by atoms with Gasteiger partial charge in [-0.05, 0) is 63.2 Å². The van der Waals surface area contributed by atoms with Crippen LogP contribution < -0.4 is 4.90 Å². The number of anilines is 1. The molecule has 0 saturated carbocycles. The van der Waals surface area contributed by atoms with E-state index in [1.807, 2.05) is 12.1 Å². The maximum absolute atomic E-state index is 11.5. The Morgan fingerprint density at radius 1 is 1.00 bits per heavy atom. The van der Waals surface area contributed by atoms with Gasteiger partial charge in [-0.3, -0.25) is 9.69 Å². The molecule has 0 N–H and O–H groups in total. The number of aromatic nitrogens is 2. The van der Waals surface area contributed by atoms with Gasteiger partial charge in [-0.25, -0.2) is 0 Å². The molecule has 0 aliphatic carbocycles. The first kappa shape index (κ1) is 20.8. The van der Waals surface area contributed by atoms with Crippen LogP contribution in [0.1, 0.15) is 42.5 Å². The lowest BCUT2D eigenvalue weighted by Gasteiger charge is -2.36. The molecule has 2 heterocycles. The number of carbonyl (C=O) groups is 1. The minimum atomic E-state index is 0.114. The molecule has 1 aliphatic heterocycles. The van der Waals surface area contributed by atoms with Crippen LogP contribution in [0.3, 0.4) is 0 Å². The van der Waals surface area contributed by atoms with E-state index in [1.165, 1.54) is 17.1 Å². The summed E-state index contributed by atoms with van der Waals surface area (Å²) < 4.78 is 5.50. The highest BCUT2D eigenvalue weighted by atomic mass is 32.1. The molecule has 5 nitrogen and oxygen atoms in total. The van der Waals surface area contributed by atoms with Crippen LogP contribution in [0.4, 0.5) is 5.69 Å². The molecule has 0 spiro atoms. The molecule has 0 amide bonds. The van der Waals surface area contributed by atoms with Crippen LogP contribution in [-0.4, -0.2) is 46.0 Å². The number of rotatable bonds is 6. The Kier molecular flexibility index (Phi) is 6.40. The second kappa shape index (κ2) is 8.62. The number of hydrogen-bond donors (Lipinski definition) is 0. The van der Waals surface area contributed by atoms with E-state index < -0.39 is 0 Å². The van der Waals surface area contributed by atoms with E-state index in [0.29, 0.717) is 5.92 Å². The summed E-state index contributed by atoms with van der Waals surface area (Å²) in [5.41, 5.74) is 4.51. The van der Waals surface area contributed by atoms with Crippen molar-refractivity contribution >= 4 is 23.7 Å². The number of Topliss-reactive ketones (excluding diaryl/α,β-unsaturated/α-hetero) is 1. The fourth-order valence-corrected chi connectivity index (χ4v) is 4.23. The van der Waals surface area contributed by atoms with Crippen LogP contribution in [0.5, 0.6) is 0 Å². The van der Waals surface area contributed by atoms with Crippen LogP contribution in [0.15, 0.2) is 24.3 Å². The lowest BCUT2D eigenvalue weighted by molar-refractivity contribution is 0.101. The van der Waals surface area contributed by atoms with E-state index in [0.717, 1.165) is 49.7 Å². The number of ketones is 1. The molecule has 0 atom stereocenters. The molecule has 3 rings (SSSR count). The van der Waals surface area contributed by atoms with Gasteiger partial charge in [0.1, 0.15) is 0 Å². The van der Waals surface area contributed by atoms with Gasteiger partial charge < -0.3 is 14.0 Å². The summed E-state index contributed by atoms with van der Waals surface area (Å²) in [4.78, 5) is 16.3. The highest BCUT2D eigenvalue weighted by Crippen LogP contribution is 2.19. The highest BCUT2D eigenvalue weighted by molar-refractivity contribution is 7.71. The molecule has 1 aliphatic rings. The Bertz CT molecular complexity index is 886. The number of hydrogen-bond acceptors (Lipinski definition) is 4. The number of piperazine rings is 1. The molecule has 152 valence electrons. The van der Waals surface area contributed by atoms with Gasteiger partial charge in [0.05, 0.1) is 6.67 Å². The van der Waals surface area contributed by atoms with Gasteiger partial charge in [-0.15, -0.1) is 0 Å². The molecule has 1 aromatic heterocycles. The minimum absolute atomic E-state index is 0.114. The van der Waals surface area contributed by atoms with Gasteiger partial charge in [0.25, 0.3) is 0 Å². The normalized spacial score (nSPS) is 15.4. The van der Waals surface area contributed by atoms with Crippen molar-refractivity contribution in [3.63, 3.8) is 0 Å². The second-order valence-corrected chi connectivity index (χ2v) is 8.60. The third kappa shape index (κ3) is 4.39. The van der Waals surface area contributed by atoms with Crippen molar-refractivity contribution in [1.29, 1.82) is 0 Å². The number of imidazole rings is 1. The van der Waals surface area contributed by atoms with Crippen LogP contribution in [0.2, 0.25) is 0 Å². The maximum atomic E-state index is 11.5. The third-order valence-electron chi connectivity index (χ3n) is 5.70. The molecule has 1 fully saturated rings. The van der Waals surface area contributed by atoms with Crippen LogP contribution >= 0.6 is 12.2 Å². The van der Waals surface area contributed by atoms with Gasteiger partial charge in [-0.2, -0.15) is 0 Å². The van der Waals surface area contributed by atoms with Crippen molar-refractivity contribution in [2.75, 3.05) is 31.1 Å². The fourth-order valence-electron chi connectivity index (χ4n) is 3.82. The van der Waals surface area contributed by atoms with E-state index >= 15 is 0 Å². The zero-order valence-corrected chi connectivity index (χ0v) is 18.6. The number of benzene rings is 1. The zero-order valence-electron chi connectivity index (χ0n) is 17.7. The molecule has 2 aromatic rings. The maximum Gasteiger partial charge on any atom is 0.181 e. The fraction of sp³-hybridized carbons (Fsp3) is 0.545. The topological polar surface area (TPSA) is 33.4 Å². The average molecular weight is 401 g/mol. The van der Waals surface area contributed by atoms with E-state index in [-0.39, 0.29) is 5.78 Å². The first-order valence-corrected chi connectivity index (χ1v) is 10.5. The Balaban J connectivity index is 1.65. The summed E-state index contributed by atoms with van der Waals surface area (Å²) in [5, 5.41) is 0. The van der Waals surface area contributed by atoms with Gasteiger partial charge >= 0.3 is 0 Å². The molecule has 6 heteroatoms. The molecule has 1 saturated heterocycles. The van der Waals surface area contributed by atoms with E-state index in [1.54, 1.807) is 6.92 Å². The van der Waals surface area contributed by atoms with E-state index in [4.69, 9.17) is 12.2 Å². The van der Waals surface area contributed by atoms with Gasteiger partial charge in [0, 0.05) is 55.4 Å². The van der Waals surface area contributed by atoms with Crippen molar-refractivity contribution in [3.05, 3.63) is 46.0 Å². The third-order valence-corrected chi connectivity index (χ3v) is 6.14. The predicted octanol–water partition coefficient (Wildman–Crippen LogP) is 4.27. The largest absolute Gasteiger partial charge is 0.369 e. The molecule has 1 aromatic carbocycles. The van der Waals surface area contributed by atoms with Crippen LogP contribution in [0, 0.1) is 24.5 Å². The standard InChI is InChI=1S/C22H32N4OS/c1-16(2)14-25-17(3)18(4)26(22(25)28)15-23-10-12-24(13-11-23)21-8-6-20(7-9-21)19(5)27/h6-9,16H,10-15H2,1-5H3. The molecule has 0 radical (unpaired) electrons. The van der Waals surface area contributed by atoms with Crippen molar-refractivity contribution in [2.45, 2.75) is 47.8 Å². The Hall–Kier alpha value is -1.92. The summed E-state index contributed by atoms with van der Waals surface area (Å²) >= 11 is 5.78. The smallest absolute Gasteiger partial charge is 0.181 e. The number of carbonyl (C=O) groups excluding carboxylic acids is 1. The van der Waals surface area contributed by atoms with Crippen molar-refractivity contribution in [1.82, 2.24) is 14.0 Å². The zero-order chi connectivity index (χ0) is 20.4. The summed E-state index contributed by atoms with van der Waals surface area (Å²) in [5.74, 6) is 0.696. The van der Waals surface area contributed by atoms with E-state index in [9.17, 15) is 4.79 Å². The first-order valence-electron chi connectivity index (χ1n) is 10.1. The van der Waals surface area contributed by atoms with Crippen molar-refractivity contribution in [3.8, 4) is 0 Å². The Morgan fingerprint density at radius 3 is 2.11 bits per heavy atom. The van der Waals surface area contributed by atoms with Crippen molar-refractivity contribution < 1.29 is 4.79 Å². The lowest BCUT2D eigenvalue weighted by Crippen LogP contribution is -2.46. The number of nitrogens with zero attached hydrogens (tertiary/aromatic N) is 4. The van der Waals surface area contributed by atoms with Gasteiger partial charge in [0.15, 0.2) is 10.6 Å². The SMILES string of the molecule is CC(=O)c1ccc(N2CCN(Cn3c(C)c(C)n(CC(C)C)c3=S)CC2)cc1. The Labute approximate surface area is 173 Å². The molecule has 0 bridgehead atoms. The van der Waals surface area contributed by atoms with Crippen LogP contribution in [0.25, 0.3) is 0 Å².